The summed E-state index contributed by atoms with van der Waals surface area (Å²) in [7, 11) is 0. The van der Waals surface area contributed by atoms with Crippen LogP contribution < -0.4 is 5.32 Å². The van der Waals surface area contributed by atoms with Crippen LogP contribution in [-0.2, 0) is 4.79 Å². The van der Waals surface area contributed by atoms with Gasteiger partial charge in [-0.25, -0.2) is 4.39 Å². The molecule has 0 bridgehead atoms. The predicted molar refractivity (Wildman–Crippen MR) is 77.0 cm³/mol. The number of carboxylic acid groups (broad SMARTS) is 1. The smallest absolute Gasteiger partial charge is 0.303 e. The minimum atomic E-state index is -0.800. The molecule has 0 saturated heterocycles. The molecular weight excluding hydrogens is 279 g/mol. The molecule has 0 heterocycles. The van der Waals surface area contributed by atoms with E-state index < -0.39 is 16.7 Å². The summed E-state index contributed by atoms with van der Waals surface area (Å²) < 4.78 is 13.3. The SMILES string of the molecule is Cc1cc(NCCCCCCC(=O)O)c([N+](=O)[O-])cc1F. The van der Waals surface area contributed by atoms with Gasteiger partial charge in [-0.15, -0.1) is 0 Å². The Kier molecular flexibility index (Phi) is 6.58. The second kappa shape index (κ2) is 8.18. The third-order valence-electron chi connectivity index (χ3n) is 3.11. The molecule has 0 aliphatic heterocycles. The molecule has 6 nitrogen and oxygen atoms in total. The summed E-state index contributed by atoms with van der Waals surface area (Å²) in [5.41, 5.74) is 0.387. The molecule has 2 N–H and O–H groups in total. The molecule has 0 amide bonds. The van der Waals surface area contributed by atoms with Gasteiger partial charge in [0.15, 0.2) is 0 Å². The van der Waals surface area contributed by atoms with Crippen molar-refractivity contribution in [1.82, 2.24) is 0 Å². The highest BCUT2D eigenvalue weighted by Gasteiger charge is 2.16. The van der Waals surface area contributed by atoms with E-state index in [1.54, 1.807) is 6.92 Å². The van der Waals surface area contributed by atoms with Crippen molar-refractivity contribution in [3.63, 3.8) is 0 Å². The third-order valence-corrected chi connectivity index (χ3v) is 3.11. The number of aliphatic carboxylic acids is 1. The van der Waals surface area contributed by atoms with Crippen LogP contribution in [0.25, 0.3) is 0 Å². The lowest BCUT2D eigenvalue weighted by molar-refractivity contribution is -0.384. The number of halogens is 1. The van der Waals surface area contributed by atoms with Gasteiger partial charge in [0.2, 0.25) is 0 Å². The number of benzene rings is 1. The van der Waals surface area contributed by atoms with E-state index in [0.29, 0.717) is 24.2 Å². The fourth-order valence-electron chi connectivity index (χ4n) is 1.94. The van der Waals surface area contributed by atoms with E-state index >= 15 is 0 Å². The number of aryl methyl sites for hydroxylation is 1. The standard InChI is InChI=1S/C14H19FN2O4/c1-10-8-12(13(17(20)21)9-11(10)15)16-7-5-3-2-4-6-14(18)19/h8-9,16H,2-7H2,1H3,(H,18,19). The van der Waals surface area contributed by atoms with Crippen LogP contribution in [0.15, 0.2) is 12.1 Å². The van der Waals surface area contributed by atoms with Gasteiger partial charge in [0.25, 0.3) is 5.69 Å². The summed E-state index contributed by atoms with van der Waals surface area (Å²) in [5.74, 6) is -1.40. The number of nitro benzene ring substituents is 1. The average molecular weight is 298 g/mol. The Morgan fingerprint density at radius 2 is 2.00 bits per heavy atom. The first-order valence-corrected chi connectivity index (χ1v) is 6.82. The topological polar surface area (TPSA) is 92.5 Å². The molecule has 1 aromatic rings. The molecule has 0 unspecified atom stereocenters. The van der Waals surface area contributed by atoms with Crippen molar-refractivity contribution >= 4 is 17.3 Å². The molecule has 1 aromatic carbocycles. The summed E-state index contributed by atoms with van der Waals surface area (Å²) in [5, 5.41) is 22.3. The van der Waals surface area contributed by atoms with E-state index in [2.05, 4.69) is 5.32 Å². The van der Waals surface area contributed by atoms with Crippen molar-refractivity contribution in [2.75, 3.05) is 11.9 Å². The van der Waals surface area contributed by atoms with Crippen molar-refractivity contribution < 1.29 is 19.2 Å². The van der Waals surface area contributed by atoms with Gasteiger partial charge >= 0.3 is 5.97 Å². The summed E-state index contributed by atoms with van der Waals surface area (Å²) in [6, 6.07) is 2.35. The monoisotopic (exact) mass is 298 g/mol. The van der Waals surface area contributed by atoms with E-state index in [1.165, 1.54) is 6.07 Å². The van der Waals surface area contributed by atoms with Crippen LogP contribution in [0.5, 0.6) is 0 Å². The van der Waals surface area contributed by atoms with Gasteiger partial charge in [-0.3, -0.25) is 14.9 Å². The first-order chi connectivity index (χ1) is 9.91. The molecule has 0 radical (unpaired) electrons. The van der Waals surface area contributed by atoms with Crippen LogP contribution in [0.3, 0.4) is 0 Å². The Morgan fingerprint density at radius 1 is 1.33 bits per heavy atom. The number of nitro groups is 1. The summed E-state index contributed by atoms with van der Waals surface area (Å²) in [6.07, 6.45) is 3.21. The van der Waals surface area contributed by atoms with E-state index in [0.717, 1.165) is 25.3 Å². The molecular formula is C14H19FN2O4. The van der Waals surface area contributed by atoms with Crippen molar-refractivity contribution in [3.8, 4) is 0 Å². The van der Waals surface area contributed by atoms with Crippen molar-refractivity contribution in [3.05, 3.63) is 33.6 Å². The van der Waals surface area contributed by atoms with E-state index in [4.69, 9.17) is 5.11 Å². The van der Waals surface area contributed by atoms with Gasteiger partial charge in [-0.2, -0.15) is 0 Å². The third kappa shape index (κ3) is 5.76. The number of nitrogens with zero attached hydrogens (tertiary/aromatic N) is 1. The minimum Gasteiger partial charge on any atom is -0.481 e. The van der Waals surface area contributed by atoms with Crippen LogP contribution in [0.4, 0.5) is 15.8 Å². The number of unbranched alkanes of at least 4 members (excludes halogenated alkanes) is 3. The number of carboxylic acids is 1. The number of rotatable bonds is 9. The second-order valence-electron chi connectivity index (χ2n) is 4.86. The first-order valence-electron chi connectivity index (χ1n) is 6.82. The van der Waals surface area contributed by atoms with Gasteiger partial charge in [-0.05, 0) is 31.4 Å². The molecule has 0 atom stereocenters. The zero-order valence-corrected chi connectivity index (χ0v) is 11.9. The Balaban J connectivity index is 2.43. The van der Waals surface area contributed by atoms with E-state index in [-0.39, 0.29) is 12.1 Å². The van der Waals surface area contributed by atoms with Crippen molar-refractivity contribution in [2.45, 2.75) is 39.0 Å². The molecule has 0 aliphatic rings. The maximum absolute atomic E-state index is 13.3. The fourth-order valence-corrected chi connectivity index (χ4v) is 1.94. The number of anilines is 1. The Hall–Kier alpha value is -2.18. The zero-order chi connectivity index (χ0) is 15.8. The lowest BCUT2D eigenvalue weighted by Gasteiger charge is -2.08. The Labute approximate surface area is 122 Å². The maximum atomic E-state index is 13.3. The molecule has 7 heteroatoms. The summed E-state index contributed by atoms with van der Waals surface area (Å²) >= 11 is 0. The van der Waals surface area contributed by atoms with Crippen molar-refractivity contribution in [2.24, 2.45) is 0 Å². The van der Waals surface area contributed by atoms with Gasteiger partial charge in [0.05, 0.1) is 11.0 Å². The van der Waals surface area contributed by atoms with Gasteiger partial charge in [0, 0.05) is 13.0 Å². The highest BCUT2D eigenvalue weighted by molar-refractivity contribution is 5.66. The second-order valence-corrected chi connectivity index (χ2v) is 4.86. The van der Waals surface area contributed by atoms with Crippen LogP contribution in [0.2, 0.25) is 0 Å². The zero-order valence-electron chi connectivity index (χ0n) is 11.9. The van der Waals surface area contributed by atoms with Crippen molar-refractivity contribution in [1.29, 1.82) is 0 Å². The average Bonchev–Trinajstić information content (AvgIpc) is 2.40. The first kappa shape index (κ1) is 16.9. The Bertz CT molecular complexity index is 520. The number of carbonyl (C=O) groups is 1. The largest absolute Gasteiger partial charge is 0.481 e. The summed E-state index contributed by atoms with van der Waals surface area (Å²) in [4.78, 5) is 20.6. The minimum absolute atomic E-state index is 0.163. The lowest BCUT2D eigenvalue weighted by atomic mass is 10.1. The molecule has 0 aliphatic carbocycles. The highest BCUT2D eigenvalue weighted by Crippen LogP contribution is 2.27. The van der Waals surface area contributed by atoms with Crippen LogP contribution in [0.1, 0.15) is 37.7 Å². The number of hydrogen-bond acceptors (Lipinski definition) is 4. The molecule has 21 heavy (non-hydrogen) atoms. The molecule has 0 saturated carbocycles. The van der Waals surface area contributed by atoms with Gasteiger partial charge < -0.3 is 10.4 Å². The van der Waals surface area contributed by atoms with E-state index in [9.17, 15) is 19.3 Å². The number of nitrogens with one attached hydrogen (secondary N) is 1. The molecule has 0 spiro atoms. The summed E-state index contributed by atoms with van der Waals surface area (Å²) in [6.45, 7) is 2.08. The molecule has 116 valence electrons. The molecule has 1 rings (SSSR count). The van der Waals surface area contributed by atoms with Crippen LogP contribution in [-0.4, -0.2) is 22.5 Å². The number of hydrogen-bond donors (Lipinski definition) is 2. The van der Waals surface area contributed by atoms with Gasteiger partial charge in [0.1, 0.15) is 11.5 Å². The lowest BCUT2D eigenvalue weighted by Crippen LogP contribution is -2.05. The highest BCUT2D eigenvalue weighted by atomic mass is 19.1. The maximum Gasteiger partial charge on any atom is 0.303 e. The van der Waals surface area contributed by atoms with Crippen LogP contribution in [0, 0.1) is 22.9 Å². The molecule has 0 fully saturated rings. The normalized spacial score (nSPS) is 10.4. The van der Waals surface area contributed by atoms with E-state index in [1.807, 2.05) is 0 Å². The predicted octanol–water partition coefficient (Wildman–Crippen LogP) is 3.49. The van der Waals surface area contributed by atoms with Crippen LogP contribution >= 0.6 is 0 Å². The fraction of sp³-hybridized carbons (Fsp3) is 0.500. The molecule has 0 aromatic heterocycles. The quantitative estimate of drug-likeness (QED) is 0.413. The van der Waals surface area contributed by atoms with Gasteiger partial charge in [-0.1, -0.05) is 12.8 Å². The Morgan fingerprint density at radius 3 is 2.62 bits per heavy atom.